The van der Waals surface area contributed by atoms with Gasteiger partial charge in [0.1, 0.15) is 5.25 Å². The number of thioether (sulfide) groups is 1. The van der Waals surface area contributed by atoms with Crippen LogP contribution < -0.4 is 0 Å². The van der Waals surface area contributed by atoms with Gasteiger partial charge in [-0.3, -0.25) is 9.78 Å². The zero-order chi connectivity index (χ0) is 17.4. The Morgan fingerprint density at radius 1 is 1.16 bits per heavy atom. The summed E-state index contributed by atoms with van der Waals surface area (Å²) in [6.07, 6.45) is 4.96. The van der Waals surface area contributed by atoms with Gasteiger partial charge < -0.3 is 5.11 Å². The molecule has 0 aliphatic carbocycles. The van der Waals surface area contributed by atoms with Crippen molar-refractivity contribution in [3.8, 4) is 17.2 Å². The van der Waals surface area contributed by atoms with Gasteiger partial charge in [0.2, 0.25) is 0 Å². The van der Waals surface area contributed by atoms with E-state index >= 15 is 0 Å². The first-order valence-electron chi connectivity index (χ1n) is 7.97. The second-order valence-corrected chi connectivity index (χ2v) is 7.19. The van der Waals surface area contributed by atoms with Crippen molar-refractivity contribution < 1.29 is 9.90 Å². The molecule has 1 unspecified atom stereocenters. The largest absolute Gasteiger partial charge is 0.480 e. The highest BCUT2D eigenvalue weighted by molar-refractivity contribution is 8.00. The molecule has 1 atom stereocenters. The SMILES string of the molecule is N#Cc1ccc(-c2cncc3c2SC(C(=O)O)CC3)c2ccccc12. The number of aryl methyl sites for hydroxylation is 1. The highest BCUT2D eigenvalue weighted by atomic mass is 32.2. The lowest BCUT2D eigenvalue weighted by atomic mass is 9.95. The van der Waals surface area contributed by atoms with Crippen molar-refractivity contribution >= 4 is 28.5 Å². The lowest BCUT2D eigenvalue weighted by Gasteiger charge is -2.23. The van der Waals surface area contributed by atoms with E-state index in [1.54, 1.807) is 6.20 Å². The van der Waals surface area contributed by atoms with E-state index in [9.17, 15) is 15.2 Å². The fourth-order valence-electron chi connectivity index (χ4n) is 3.29. The fraction of sp³-hybridized carbons (Fsp3) is 0.150. The molecule has 0 radical (unpaired) electrons. The molecule has 1 N–H and O–H groups in total. The molecule has 2 aromatic carbocycles. The van der Waals surface area contributed by atoms with Crippen LogP contribution in [0.1, 0.15) is 17.5 Å². The van der Waals surface area contributed by atoms with E-state index in [4.69, 9.17) is 0 Å². The molecule has 0 spiro atoms. The van der Waals surface area contributed by atoms with E-state index < -0.39 is 11.2 Å². The van der Waals surface area contributed by atoms with Gasteiger partial charge in [0.05, 0.1) is 11.6 Å². The number of nitriles is 1. The number of nitrogens with zero attached hydrogens (tertiary/aromatic N) is 2. The van der Waals surface area contributed by atoms with Gasteiger partial charge in [-0.25, -0.2) is 0 Å². The third kappa shape index (κ3) is 2.65. The molecule has 122 valence electrons. The standard InChI is InChI=1S/C20H14N2O2S/c21-9-12-5-7-16(15-4-2-1-3-14(12)15)17-11-22-10-13-6-8-18(20(23)24)25-19(13)17/h1-5,7,10-11,18H,6,8H2,(H,23,24). The summed E-state index contributed by atoms with van der Waals surface area (Å²) >= 11 is 1.40. The molecular weight excluding hydrogens is 332 g/mol. The van der Waals surface area contributed by atoms with Crippen molar-refractivity contribution in [2.45, 2.75) is 23.0 Å². The average Bonchev–Trinajstić information content (AvgIpc) is 2.66. The number of aliphatic carboxylic acids is 1. The van der Waals surface area contributed by atoms with Crippen LogP contribution in [0.2, 0.25) is 0 Å². The van der Waals surface area contributed by atoms with Gasteiger partial charge >= 0.3 is 5.97 Å². The number of carbonyl (C=O) groups is 1. The van der Waals surface area contributed by atoms with Crippen molar-refractivity contribution in [1.82, 2.24) is 4.98 Å². The lowest BCUT2D eigenvalue weighted by molar-refractivity contribution is -0.136. The number of hydrogen-bond donors (Lipinski definition) is 1. The van der Waals surface area contributed by atoms with Crippen molar-refractivity contribution in [2.75, 3.05) is 0 Å². The van der Waals surface area contributed by atoms with Crippen LogP contribution in [-0.4, -0.2) is 21.3 Å². The molecule has 4 nitrogen and oxygen atoms in total. The van der Waals surface area contributed by atoms with Crippen LogP contribution in [0.4, 0.5) is 0 Å². The number of rotatable bonds is 2. The molecular formula is C20H14N2O2S. The number of fused-ring (bicyclic) bond motifs is 2. The van der Waals surface area contributed by atoms with E-state index in [-0.39, 0.29) is 0 Å². The highest BCUT2D eigenvalue weighted by Crippen LogP contribution is 2.43. The number of benzene rings is 2. The van der Waals surface area contributed by atoms with Crippen LogP contribution >= 0.6 is 11.8 Å². The normalized spacial score (nSPS) is 16.2. The van der Waals surface area contributed by atoms with Gasteiger partial charge in [-0.2, -0.15) is 5.26 Å². The summed E-state index contributed by atoms with van der Waals surface area (Å²) < 4.78 is 0. The molecule has 1 aromatic heterocycles. The van der Waals surface area contributed by atoms with Crippen LogP contribution in [0.15, 0.2) is 53.7 Å². The average molecular weight is 346 g/mol. The first-order chi connectivity index (χ1) is 12.2. The van der Waals surface area contributed by atoms with Crippen molar-refractivity contribution in [3.63, 3.8) is 0 Å². The van der Waals surface area contributed by atoms with E-state index in [1.807, 2.05) is 42.6 Å². The minimum atomic E-state index is -0.775. The molecule has 1 aliphatic rings. The summed E-state index contributed by atoms with van der Waals surface area (Å²) in [5.41, 5.74) is 3.65. The first kappa shape index (κ1) is 15.7. The number of carboxylic acids is 1. The molecule has 3 aromatic rings. The Morgan fingerprint density at radius 3 is 2.72 bits per heavy atom. The molecule has 1 aliphatic heterocycles. The molecule has 2 heterocycles. The van der Waals surface area contributed by atoms with Gasteiger partial charge in [0, 0.05) is 28.2 Å². The van der Waals surface area contributed by atoms with Gasteiger partial charge in [-0.1, -0.05) is 30.3 Å². The molecule has 0 bridgehead atoms. The second kappa shape index (κ2) is 6.23. The number of pyridine rings is 1. The van der Waals surface area contributed by atoms with Crippen LogP contribution in [0.3, 0.4) is 0 Å². The number of hydrogen-bond acceptors (Lipinski definition) is 4. The Bertz CT molecular complexity index is 1040. The Kier molecular flexibility index (Phi) is 3.90. The minimum Gasteiger partial charge on any atom is -0.480 e. The van der Waals surface area contributed by atoms with E-state index in [1.165, 1.54) is 11.8 Å². The number of aromatic nitrogens is 1. The van der Waals surface area contributed by atoms with Gasteiger partial charge in [-0.15, -0.1) is 11.8 Å². The summed E-state index contributed by atoms with van der Waals surface area (Å²) in [6, 6.07) is 13.8. The van der Waals surface area contributed by atoms with Crippen LogP contribution in [0, 0.1) is 11.3 Å². The third-order valence-corrected chi connectivity index (χ3v) is 5.96. The molecule has 0 amide bonds. The van der Waals surface area contributed by atoms with Gasteiger partial charge in [0.25, 0.3) is 0 Å². The summed E-state index contributed by atoms with van der Waals surface area (Å²) in [4.78, 5) is 16.8. The summed E-state index contributed by atoms with van der Waals surface area (Å²) in [5, 5.41) is 20.2. The van der Waals surface area contributed by atoms with E-state index in [0.29, 0.717) is 18.4 Å². The molecule has 0 saturated heterocycles. The lowest BCUT2D eigenvalue weighted by Crippen LogP contribution is -2.21. The van der Waals surface area contributed by atoms with E-state index in [0.717, 1.165) is 32.4 Å². The van der Waals surface area contributed by atoms with Crippen molar-refractivity contribution in [2.24, 2.45) is 0 Å². The topological polar surface area (TPSA) is 74.0 Å². The summed E-state index contributed by atoms with van der Waals surface area (Å²) in [6.45, 7) is 0. The van der Waals surface area contributed by atoms with Gasteiger partial charge in [0.15, 0.2) is 0 Å². The van der Waals surface area contributed by atoms with Crippen molar-refractivity contribution in [3.05, 3.63) is 59.9 Å². The zero-order valence-corrected chi connectivity index (χ0v) is 14.1. The maximum absolute atomic E-state index is 11.4. The number of carboxylic acid groups (broad SMARTS) is 1. The first-order valence-corrected chi connectivity index (χ1v) is 8.85. The fourth-order valence-corrected chi connectivity index (χ4v) is 4.51. The predicted octanol–water partition coefficient (Wildman–Crippen LogP) is 4.26. The smallest absolute Gasteiger partial charge is 0.316 e. The second-order valence-electron chi connectivity index (χ2n) is 5.98. The quantitative estimate of drug-likeness (QED) is 0.750. The Morgan fingerprint density at radius 2 is 1.96 bits per heavy atom. The molecule has 4 rings (SSSR count). The Hall–Kier alpha value is -2.84. The third-order valence-electron chi connectivity index (χ3n) is 4.52. The molecule has 0 fully saturated rings. The Labute approximate surface area is 149 Å². The van der Waals surface area contributed by atoms with Crippen LogP contribution in [0.25, 0.3) is 21.9 Å². The summed E-state index contributed by atoms with van der Waals surface area (Å²) in [5.74, 6) is -0.775. The molecule has 5 heteroatoms. The summed E-state index contributed by atoms with van der Waals surface area (Å²) in [7, 11) is 0. The van der Waals surface area contributed by atoms with E-state index in [2.05, 4.69) is 11.1 Å². The maximum Gasteiger partial charge on any atom is 0.316 e. The van der Waals surface area contributed by atoms with Crippen LogP contribution in [0.5, 0.6) is 0 Å². The predicted molar refractivity (Wildman–Crippen MR) is 97.5 cm³/mol. The monoisotopic (exact) mass is 346 g/mol. The minimum absolute atomic E-state index is 0.432. The molecule has 0 saturated carbocycles. The zero-order valence-electron chi connectivity index (χ0n) is 13.3. The Balaban J connectivity index is 1.95. The van der Waals surface area contributed by atoms with Crippen LogP contribution in [-0.2, 0) is 11.2 Å². The maximum atomic E-state index is 11.4. The highest BCUT2D eigenvalue weighted by Gasteiger charge is 2.27. The van der Waals surface area contributed by atoms with Crippen molar-refractivity contribution in [1.29, 1.82) is 5.26 Å². The van der Waals surface area contributed by atoms with Gasteiger partial charge in [-0.05, 0) is 35.4 Å². The molecule has 25 heavy (non-hydrogen) atoms.